The maximum absolute atomic E-state index is 12.0. The first-order valence-corrected chi connectivity index (χ1v) is 7.50. The number of anilines is 1. The van der Waals surface area contributed by atoms with Crippen LogP contribution in [0, 0.1) is 0 Å². The lowest BCUT2D eigenvalue weighted by Gasteiger charge is -2.06. The van der Waals surface area contributed by atoms with Gasteiger partial charge in [-0.25, -0.2) is 13.4 Å². The summed E-state index contributed by atoms with van der Waals surface area (Å²) in [6.45, 7) is 0. The van der Waals surface area contributed by atoms with Gasteiger partial charge in [0.25, 0.3) is 10.0 Å². The number of hydrogen-bond acceptors (Lipinski definition) is 3. The minimum absolute atomic E-state index is 0.191. The highest BCUT2D eigenvalue weighted by molar-refractivity contribution is 9.10. The summed E-state index contributed by atoms with van der Waals surface area (Å²) in [5.74, 6) is 0. The van der Waals surface area contributed by atoms with Gasteiger partial charge in [-0.3, -0.25) is 4.72 Å². The smallest absolute Gasteiger partial charge is 0.263 e. The van der Waals surface area contributed by atoms with Gasteiger partial charge in [0.2, 0.25) is 0 Å². The molecule has 0 spiro atoms. The third kappa shape index (κ3) is 2.85. The topological polar surface area (TPSA) is 64.0 Å². The summed E-state index contributed by atoms with van der Waals surface area (Å²) in [6.07, 6.45) is 4.53. The van der Waals surface area contributed by atoms with Crippen molar-refractivity contribution < 1.29 is 8.42 Å². The van der Waals surface area contributed by atoms with Crippen molar-refractivity contribution in [1.29, 1.82) is 0 Å². The highest BCUT2D eigenvalue weighted by Crippen LogP contribution is 2.24. The Kier molecular flexibility index (Phi) is 3.65. The lowest BCUT2D eigenvalue weighted by Crippen LogP contribution is -2.12. The van der Waals surface area contributed by atoms with Gasteiger partial charge in [-0.15, -0.1) is 0 Å². The standard InChI is InChI=1S/C10H9BrClN3O2S/c1-15-3-2-8(6-15)18(16,17)14-7-4-9(11)10(12)13-5-7/h2-6,14H,1H3. The second kappa shape index (κ2) is 4.91. The summed E-state index contributed by atoms with van der Waals surface area (Å²) in [4.78, 5) is 4.04. The van der Waals surface area contributed by atoms with Crippen LogP contribution in [0.5, 0.6) is 0 Å². The van der Waals surface area contributed by atoms with Gasteiger partial charge < -0.3 is 4.57 Å². The third-order valence-electron chi connectivity index (χ3n) is 2.16. The van der Waals surface area contributed by atoms with Crippen molar-refractivity contribution in [2.75, 3.05) is 4.72 Å². The zero-order valence-electron chi connectivity index (χ0n) is 9.26. The van der Waals surface area contributed by atoms with E-state index in [0.717, 1.165) is 0 Å². The molecule has 5 nitrogen and oxygen atoms in total. The molecule has 2 aromatic rings. The molecule has 0 unspecified atom stereocenters. The zero-order valence-corrected chi connectivity index (χ0v) is 12.4. The molecule has 2 heterocycles. The van der Waals surface area contributed by atoms with E-state index in [-0.39, 0.29) is 10.0 Å². The fourth-order valence-electron chi connectivity index (χ4n) is 1.33. The van der Waals surface area contributed by atoms with Gasteiger partial charge in [0.15, 0.2) is 0 Å². The van der Waals surface area contributed by atoms with E-state index >= 15 is 0 Å². The molecule has 2 rings (SSSR count). The van der Waals surface area contributed by atoms with E-state index in [2.05, 4.69) is 25.6 Å². The molecule has 0 fully saturated rings. The van der Waals surface area contributed by atoms with E-state index in [0.29, 0.717) is 10.2 Å². The lowest BCUT2D eigenvalue weighted by molar-refractivity contribution is 0.601. The van der Waals surface area contributed by atoms with Gasteiger partial charge in [-0.05, 0) is 28.1 Å². The predicted molar refractivity (Wildman–Crippen MR) is 73.2 cm³/mol. The number of nitrogens with one attached hydrogen (secondary N) is 1. The molecule has 0 amide bonds. The fraction of sp³-hybridized carbons (Fsp3) is 0.100. The second-order valence-corrected chi connectivity index (χ2v) is 6.51. The number of aryl methyl sites for hydroxylation is 1. The normalized spacial score (nSPS) is 11.5. The Labute approximate surface area is 118 Å². The van der Waals surface area contributed by atoms with Crippen LogP contribution in [0.2, 0.25) is 5.15 Å². The maximum Gasteiger partial charge on any atom is 0.263 e. The van der Waals surface area contributed by atoms with E-state index in [1.54, 1.807) is 23.9 Å². The molecular weight excluding hydrogens is 342 g/mol. The Balaban J connectivity index is 2.30. The maximum atomic E-state index is 12.0. The largest absolute Gasteiger partial charge is 0.356 e. The predicted octanol–water partition coefficient (Wildman–Crippen LogP) is 2.64. The molecule has 0 aliphatic carbocycles. The molecule has 0 saturated heterocycles. The van der Waals surface area contributed by atoms with E-state index in [4.69, 9.17) is 11.6 Å². The van der Waals surface area contributed by atoms with Gasteiger partial charge in [-0.2, -0.15) is 0 Å². The van der Waals surface area contributed by atoms with E-state index in [9.17, 15) is 8.42 Å². The van der Waals surface area contributed by atoms with E-state index in [1.165, 1.54) is 18.5 Å². The molecule has 0 aromatic carbocycles. The SMILES string of the molecule is Cn1ccc(S(=O)(=O)Nc2cnc(Cl)c(Br)c2)c1. The van der Waals surface area contributed by atoms with Crippen LogP contribution in [0.25, 0.3) is 0 Å². The number of sulfonamides is 1. The van der Waals surface area contributed by atoms with Crippen LogP contribution in [0.1, 0.15) is 0 Å². The Morgan fingerprint density at radius 1 is 1.50 bits per heavy atom. The van der Waals surface area contributed by atoms with Crippen LogP contribution < -0.4 is 4.72 Å². The van der Waals surface area contributed by atoms with E-state index in [1.807, 2.05) is 0 Å². The van der Waals surface area contributed by atoms with Crippen LogP contribution in [0.15, 0.2) is 40.1 Å². The van der Waals surface area contributed by atoms with E-state index < -0.39 is 10.0 Å². The number of aromatic nitrogens is 2. The quantitative estimate of drug-likeness (QED) is 0.866. The van der Waals surface area contributed by atoms with Crippen LogP contribution in [-0.4, -0.2) is 18.0 Å². The van der Waals surface area contributed by atoms with Crippen molar-refractivity contribution in [3.8, 4) is 0 Å². The summed E-state index contributed by atoms with van der Waals surface area (Å²) in [5.41, 5.74) is 0.343. The van der Waals surface area contributed by atoms with Crippen molar-refractivity contribution in [3.63, 3.8) is 0 Å². The van der Waals surface area contributed by atoms with Gasteiger partial charge >= 0.3 is 0 Å². The summed E-state index contributed by atoms with van der Waals surface area (Å²) in [6, 6.07) is 3.07. The molecule has 0 radical (unpaired) electrons. The minimum Gasteiger partial charge on any atom is -0.356 e. The molecule has 0 saturated carbocycles. The molecule has 0 atom stereocenters. The molecule has 0 aliphatic heterocycles. The van der Waals surface area contributed by atoms with Gasteiger partial charge in [-0.1, -0.05) is 11.6 Å². The number of pyridine rings is 1. The van der Waals surface area contributed by atoms with Gasteiger partial charge in [0, 0.05) is 19.4 Å². The Morgan fingerprint density at radius 2 is 2.22 bits per heavy atom. The third-order valence-corrected chi connectivity index (χ3v) is 4.66. The monoisotopic (exact) mass is 349 g/mol. The Morgan fingerprint density at radius 3 is 2.78 bits per heavy atom. The van der Waals surface area contributed by atoms with Crippen molar-refractivity contribution in [1.82, 2.24) is 9.55 Å². The fourth-order valence-corrected chi connectivity index (χ4v) is 2.87. The van der Waals surface area contributed by atoms with Crippen LogP contribution in [-0.2, 0) is 17.1 Å². The van der Waals surface area contributed by atoms with Gasteiger partial charge in [0.05, 0.1) is 16.4 Å². The van der Waals surface area contributed by atoms with Gasteiger partial charge in [0.1, 0.15) is 10.0 Å². The average Bonchev–Trinajstić information content (AvgIpc) is 2.71. The van der Waals surface area contributed by atoms with Crippen molar-refractivity contribution in [3.05, 3.63) is 40.3 Å². The molecule has 96 valence electrons. The number of rotatable bonds is 3. The highest BCUT2D eigenvalue weighted by Gasteiger charge is 2.15. The Hall–Kier alpha value is -1.05. The summed E-state index contributed by atoms with van der Waals surface area (Å²) < 4.78 is 28.6. The van der Waals surface area contributed by atoms with Crippen LogP contribution >= 0.6 is 27.5 Å². The summed E-state index contributed by atoms with van der Waals surface area (Å²) in [5, 5.41) is 0.276. The number of nitrogens with zero attached hydrogens (tertiary/aromatic N) is 2. The lowest BCUT2D eigenvalue weighted by atomic mass is 10.4. The summed E-state index contributed by atoms with van der Waals surface area (Å²) in [7, 11) is -1.85. The summed E-state index contributed by atoms with van der Waals surface area (Å²) >= 11 is 8.91. The molecule has 0 aliphatic rings. The van der Waals surface area contributed by atoms with Crippen molar-refractivity contribution in [2.45, 2.75) is 4.90 Å². The number of hydrogen-bond donors (Lipinski definition) is 1. The first-order valence-electron chi connectivity index (χ1n) is 4.84. The molecular formula is C10H9BrClN3O2S. The number of halogens is 2. The highest BCUT2D eigenvalue weighted by atomic mass is 79.9. The van der Waals surface area contributed by atoms with Crippen molar-refractivity contribution >= 4 is 43.2 Å². The Bertz CT molecular complexity index is 684. The first kappa shape index (κ1) is 13.4. The molecule has 2 aromatic heterocycles. The molecule has 8 heteroatoms. The minimum atomic E-state index is -3.60. The zero-order chi connectivity index (χ0) is 13.3. The first-order chi connectivity index (χ1) is 8.38. The average molecular weight is 351 g/mol. The van der Waals surface area contributed by atoms with Crippen LogP contribution in [0.4, 0.5) is 5.69 Å². The van der Waals surface area contributed by atoms with Crippen LogP contribution in [0.3, 0.4) is 0 Å². The van der Waals surface area contributed by atoms with Crippen molar-refractivity contribution in [2.24, 2.45) is 7.05 Å². The molecule has 18 heavy (non-hydrogen) atoms. The molecule has 1 N–H and O–H groups in total. The molecule has 0 bridgehead atoms. The second-order valence-electron chi connectivity index (χ2n) is 3.61.